The molecule has 1 atom stereocenters. The standard InChI is InChI=1S/C12H10FN3O3/c13-8-4-2-1-3-7(8)9-11-14-10(12(17)18)15-16(11)5-6-19-9/h1-4,9H,5-6H2,(H,17,18). The van der Waals surface area contributed by atoms with E-state index in [4.69, 9.17) is 9.84 Å². The van der Waals surface area contributed by atoms with E-state index >= 15 is 0 Å². The first-order valence-corrected chi connectivity index (χ1v) is 5.71. The molecule has 1 aliphatic heterocycles. The Morgan fingerprint density at radius 1 is 1.47 bits per heavy atom. The Balaban J connectivity index is 2.07. The molecule has 0 saturated heterocycles. The smallest absolute Gasteiger partial charge is 0.375 e. The zero-order valence-electron chi connectivity index (χ0n) is 9.78. The molecule has 6 nitrogen and oxygen atoms in total. The molecule has 0 aliphatic carbocycles. The maximum Gasteiger partial charge on any atom is 0.375 e. The number of fused-ring (bicyclic) bond motifs is 1. The summed E-state index contributed by atoms with van der Waals surface area (Å²) in [6, 6.07) is 6.18. The summed E-state index contributed by atoms with van der Waals surface area (Å²) in [4.78, 5) is 14.8. The topological polar surface area (TPSA) is 77.2 Å². The third-order valence-electron chi connectivity index (χ3n) is 2.90. The highest BCUT2D eigenvalue weighted by Gasteiger charge is 2.29. The van der Waals surface area contributed by atoms with E-state index in [2.05, 4.69) is 10.1 Å². The van der Waals surface area contributed by atoms with Crippen LogP contribution in [-0.2, 0) is 11.3 Å². The molecule has 7 heteroatoms. The molecule has 19 heavy (non-hydrogen) atoms. The molecule has 0 spiro atoms. The number of ether oxygens (including phenoxy) is 1. The minimum atomic E-state index is -1.21. The maximum absolute atomic E-state index is 13.8. The molecule has 1 N–H and O–H groups in total. The van der Waals surface area contributed by atoms with Crippen LogP contribution in [0.15, 0.2) is 24.3 Å². The fraction of sp³-hybridized carbons (Fsp3) is 0.250. The summed E-state index contributed by atoms with van der Waals surface area (Å²) in [7, 11) is 0. The van der Waals surface area contributed by atoms with Crippen LogP contribution in [0.1, 0.15) is 28.1 Å². The van der Waals surface area contributed by atoms with Crippen molar-refractivity contribution in [1.82, 2.24) is 14.8 Å². The van der Waals surface area contributed by atoms with Crippen molar-refractivity contribution in [3.05, 3.63) is 47.3 Å². The van der Waals surface area contributed by atoms with Crippen LogP contribution in [0.2, 0.25) is 0 Å². The Kier molecular flexibility index (Phi) is 2.75. The maximum atomic E-state index is 13.8. The minimum Gasteiger partial charge on any atom is -0.475 e. The Bertz CT molecular complexity index is 641. The zero-order chi connectivity index (χ0) is 13.4. The molecule has 0 amide bonds. The number of halogens is 1. The normalized spacial score (nSPS) is 18.1. The highest BCUT2D eigenvalue weighted by Crippen LogP contribution is 2.29. The van der Waals surface area contributed by atoms with E-state index < -0.39 is 17.9 Å². The predicted molar refractivity (Wildman–Crippen MR) is 61.2 cm³/mol. The largest absolute Gasteiger partial charge is 0.475 e. The lowest BCUT2D eigenvalue weighted by Crippen LogP contribution is -2.24. The second-order valence-corrected chi connectivity index (χ2v) is 4.09. The molecule has 0 radical (unpaired) electrons. The molecule has 98 valence electrons. The van der Waals surface area contributed by atoms with Crippen LogP contribution < -0.4 is 0 Å². The molecule has 1 aromatic carbocycles. The number of carbonyl (C=O) groups is 1. The monoisotopic (exact) mass is 263 g/mol. The van der Waals surface area contributed by atoms with Crippen LogP contribution in [0.4, 0.5) is 4.39 Å². The van der Waals surface area contributed by atoms with E-state index in [1.165, 1.54) is 10.7 Å². The van der Waals surface area contributed by atoms with E-state index in [1.807, 2.05) is 0 Å². The summed E-state index contributed by atoms with van der Waals surface area (Å²) in [6.45, 7) is 0.731. The third-order valence-corrected chi connectivity index (χ3v) is 2.90. The average Bonchev–Trinajstić information content (AvgIpc) is 2.83. The van der Waals surface area contributed by atoms with Gasteiger partial charge in [0.25, 0.3) is 5.82 Å². The van der Waals surface area contributed by atoms with Crippen molar-refractivity contribution in [1.29, 1.82) is 0 Å². The third kappa shape index (κ3) is 1.97. The van der Waals surface area contributed by atoms with Gasteiger partial charge in [-0.05, 0) is 6.07 Å². The van der Waals surface area contributed by atoms with Crippen LogP contribution in [0.25, 0.3) is 0 Å². The van der Waals surface area contributed by atoms with Gasteiger partial charge in [0, 0.05) is 5.56 Å². The summed E-state index contributed by atoms with van der Waals surface area (Å²) < 4.78 is 20.7. The van der Waals surface area contributed by atoms with Crippen molar-refractivity contribution < 1.29 is 19.0 Å². The van der Waals surface area contributed by atoms with Crippen LogP contribution in [0.3, 0.4) is 0 Å². The van der Waals surface area contributed by atoms with Crippen LogP contribution in [0, 0.1) is 5.82 Å². The van der Waals surface area contributed by atoms with Crippen molar-refractivity contribution in [3.8, 4) is 0 Å². The van der Waals surface area contributed by atoms with Gasteiger partial charge in [-0.25, -0.2) is 18.9 Å². The predicted octanol–water partition coefficient (Wildman–Crippen LogP) is 1.23. The van der Waals surface area contributed by atoms with Gasteiger partial charge in [0.2, 0.25) is 0 Å². The average molecular weight is 263 g/mol. The second kappa shape index (κ2) is 4.43. The number of aromatic nitrogens is 3. The highest BCUT2D eigenvalue weighted by molar-refractivity contribution is 5.82. The van der Waals surface area contributed by atoms with Crippen LogP contribution >= 0.6 is 0 Å². The number of hydrogen-bond acceptors (Lipinski definition) is 4. The molecule has 0 bridgehead atoms. The number of rotatable bonds is 2. The molecule has 0 saturated carbocycles. The highest BCUT2D eigenvalue weighted by atomic mass is 19.1. The molecule has 1 aromatic heterocycles. The molecule has 2 aromatic rings. The van der Waals surface area contributed by atoms with Gasteiger partial charge in [0.05, 0.1) is 13.2 Å². The first-order valence-electron chi connectivity index (χ1n) is 5.71. The fourth-order valence-corrected chi connectivity index (χ4v) is 2.05. The molecular weight excluding hydrogens is 253 g/mol. The Morgan fingerprint density at radius 3 is 3.00 bits per heavy atom. The van der Waals surface area contributed by atoms with Gasteiger partial charge >= 0.3 is 5.97 Å². The van der Waals surface area contributed by atoms with E-state index in [-0.39, 0.29) is 5.82 Å². The summed E-state index contributed by atoms with van der Waals surface area (Å²) in [5.74, 6) is -1.62. The number of carboxylic acid groups (broad SMARTS) is 1. The van der Waals surface area contributed by atoms with Gasteiger partial charge in [0.15, 0.2) is 5.82 Å². The minimum absolute atomic E-state index is 0.304. The van der Waals surface area contributed by atoms with E-state index in [9.17, 15) is 9.18 Å². The molecule has 3 rings (SSSR count). The van der Waals surface area contributed by atoms with Gasteiger partial charge < -0.3 is 9.84 Å². The number of carboxylic acids is 1. The molecule has 2 heterocycles. The first-order chi connectivity index (χ1) is 9.16. The zero-order valence-corrected chi connectivity index (χ0v) is 9.78. The van der Waals surface area contributed by atoms with Gasteiger partial charge in [0.1, 0.15) is 11.9 Å². The van der Waals surface area contributed by atoms with Crippen molar-refractivity contribution in [2.75, 3.05) is 6.61 Å². The molecular formula is C12H10FN3O3. The summed E-state index contributed by atoms with van der Waals surface area (Å²) in [5, 5.41) is 12.8. The molecule has 1 unspecified atom stereocenters. The Hall–Kier alpha value is -2.28. The lowest BCUT2D eigenvalue weighted by Gasteiger charge is -2.23. The number of aromatic carboxylic acids is 1. The fourth-order valence-electron chi connectivity index (χ4n) is 2.05. The number of hydrogen-bond donors (Lipinski definition) is 1. The van der Waals surface area contributed by atoms with Crippen LogP contribution in [0.5, 0.6) is 0 Å². The SMILES string of the molecule is O=C(O)c1nc2n(n1)CCOC2c1ccccc1F. The molecule has 1 aliphatic rings. The van der Waals surface area contributed by atoms with Crippen molar-refractivity contribution in [3.63, 3.8) is 0 Å². The van der Waals surface area contributed by atoms with Gasteiger partial charge in [-0.3, -0.25) is 0 Å². The van der Waals surface area contributed by atoms with E-state index in [1.54, 1.807) is 18.2 Å². The van der Waals surface area contributed by atoms with Crippen molar-refractivity contribution >= 4 is 5.97 Å². The second-order valence-electron chi connectivity index (χ2n) is 4.09. The summed E-state index contributed by atoms with van der Waals surface area (Å²) in [6.07, 6.45) is -0.726. The number of nitrogens with zero attached hydrogens (tertiary/aromatic N) is 3. The van der Waals surface area contributed by atoms with Crippen LogP contribution in [-0.4, -0.2) is 32.4 Å². The van der Waals surface area contributed by atoms with Gasteiger partial charge in [-0.1, -0.05) is 18.2 Å². The Labute approximate surface area is 107 Å². The van der Waals surface area contributed by atoms with Crippen molar-refractivity contribution in [2.45, 2.75) is 12.6 Å². The molecule has 0 fully saturated rings. The lowest BCUT2D eigenvalue weighted by atomic mass is 10.1. The van der Waals surface area contributed by atoms with Crippen molar-refractivity contribution in [2.24, 2.45) is 0 Å². The Morgan fingerprint density at radius 2 is 2.26 bits per heavy atom. The van der Waals surface area contributed by atoms with Gasteiger partial charge in [-0.2, -0.15) is 0 Å². The van der Waals surface area contributed by atoms with Gasteiger partial charge in [-0.15, -0.1) is 5.10 Å². The summed E-state index contributed by atoms with van der Waals surface area (Å²) in [5.41, 5.74) is 0.327. The summed E-state index contributed by atoms with van der Waals surface area (Å²) >= 11 is 0. The lowest BCUT2D eigenvalue weighted by molar-refractivity contribution is 0.0369. The first kappa shape index (κ1) is 11.8. The van der Waals surface area contributed by atoms with E-state index in [0.717, 1.165) is 0 Å². The van der Waals surface area contributed by atoms with E-state index in [0.29, 0.717) is 24.5 Å². The quantitative estimate of drug-likeness (QED) is 0.881. The number of benzene rings is 1.